The van der Waals surface area contributed by atoms with Gasteiger partial charge in [0.25, 0.3) is 0 Å². The topological polar surface area (TPSA) is 29.1 Å². The van der Waals surface area contributed by atoms with Crippen LogP contribution in [-0.2, 0) is 11.2 Å². The largest absolute Gasteiger partial charge is 0.326 e. The minimum absolute atomic E-state index is 0.0578. The monoisotopic (exact) mass is 303 g/mol. The first kappa shape index (κ1) is 14.1. The van der Waals surface area contributed by atoms with Crippen LogP contribution in [0.2, 0.25) is 0 Å². The number of aryl methyl sites for hydroxylation is 1. The Morgan fingerprint density at radius 1 is 1.05 bits per heavy atom. The molecule has 0 bridgehead atoms. The Morgan fingerprint density at radius 3 is 2.52 bits per heavy atom. The molecule has 2 aromatic carbocycles. The number of halogens is 2. The van der Waals surface area contributed by atoms with Crippen LogP contribution in [0.1, 0.15) is 34.9 Å². The summed E-state index contributed by atoms with van der Waals surface area (Å²) in [7, 11) is 0. The lowest BCUT2D eigenvalue weighted by molar-refractivity contribution is -0.116. The highest BCUT2D eigenvalue weighted by atomic mass is 35.5. The smallest absolute Gasteiger partial charge is 0.224 e. The molecule has 0 aliphatic carbocycles. The van der Waals surface area contributed by atoms with Gasteiger partial charge in [0, 0.05) is 12.1 Å². The maximum absolute atomic E-state index is 13.0. The fourth-order valence-electron chi connectivity index (χ4n) is 2.58. The van der Waals surface area contributed by atoms with Crippen molar-refractivity contribution >= 4 is 23.2 Å². The Bertz CT molecular complexity index is 669. The molecular weight excluding hydrogens is 289 g/mol. The third-order valence-corrected chi connectivity index (χ3v) is 4.21. The Kier molecular flexibility index (Phi) is 3.93. The van der Waals surface area contributed by atoms with Gasteiger partial charge in [0.15, 0.2) is 0 Å². The van der Waals surface area contributed by atoms with Gasteiger partial charge < -0.3 is 5.32 Å². The summed E-state index contributed by atoms with van der Waals surface area (Å²) in [5, 5.41) is 2.58. The summed E-state index contributed by atoms with van der Waals surface area (Å²) in [4.78, 5) is 11.5. The summed E-state index contributed by atoms with van der Waals surface area (Å²) in [5.74, 6) is -0.213. The molecule has 1 N–H and O–H groups in total. The van der Waals surface area contributed by atoms with E-state index in [1.807, 2.05) is 18.2 Å². The Labute approximate surface area is 127 Å². The predicted octanol–water partition coefficient (Wildman–Crippen LogP) is 4.43. The number of hydrogen-bond donors (Lipinski definition) is 1. The maximum atomic E-state index is 13.0. The van der Waals surface area contributed by atoms with Gasteiger partial charge in [-0.05, 0) is 47.7 Å². The number of anilines is 1. The lowest BCUT2D eigenvalue weighted by Crippen LogP contribution is -2.09. The molecule has 1 aliphatic heterocycles. The van der Waals surface area contributed by atoms with Crippen LogP contribution in [0, 0.1) is 5.82 Å². The summed E-state index contributed by atoms with van der Waals surface area (Å²) < 4.78 is 13.0. The highest BCUT2D eigenvalue weighted by Gasteiger charge is 2.16. The van der Waals surface area contributed by atoms with Crippen molar-refractivity contribution in [3.8, 4) is 0 Å². The molecule has 1 heterocycles. The molecule has 0 spiro atoms. The van der Waals surface area contributed by atoms with E-state index in [0.29, 0.717) is 6.42 Å². The zero-order chi connectivity index (χ0) is 14.8. The molecule has 108 valence electrons. The second kappa shape index (κ2) is 5.86. The van der Waals surface area contributed by atoms with Gasteiger partial charge in [0.05, 0.1) is 5.38 Å². The maximum Gasteiger partial charge on any atom is 0.224 e. The van der Waals surface area contributed by atoms with Crippen molar-refractivity contribution in [1.82, 2.24) is 0 Å². The molecule has 1 amide bonds. The molecule has 0 saturated carbocycles. The molecule has 1 unspecified atom stereocenters. The molecule has 0 saturated heterocycles. The van der Waals surface area contributed by atoms with Crippen molar-refractivity contribution < 1.29 is 9.18 Å². The van der Waals surface area contributed by atoms with E-state index >= 15 is 0 Å². The van der Waals surface area contributed by atoms with Crippen LogP contribution >= 0.6 is 11.6 Å². The van der Waals surface area contributed by atoms with Crippen molar-refractivity contribution in [1.29, 1.82) is 0 Å². The first-order valence-electron chi connectivity index (χ1n) is 6.96. The van der Waals surface area contributed by atoms with Crippen LogP contribution in [0.25, 0.3) is 0 Å². The molecular formula is C17H15ClFNO. The average molecular weight is 304 g/mol. The van der Waals surface area contributed by atoms with Gasteiger partial charge in [-0.25, -0.2) is 4.39 Å². The van der Waals surface area contributed by atoms with Crippen molar-refractivity contribution in [3.63, 3.8) is 0 Å². The summed E-state index contributed by atoms with van der Waals surface area (Å²) in [6.07, 6.45) is 2.24. The van der Waals surface area contributed by atoms with Gasteiger partial charge in [-0.3, -0.25) is 4.79 Å². The van der Waals surface area contributed by atoms with Crippen LogP contribution < -0.4 is 5.32 Å². The molecule has 2 aromatic rings. The van der Waals surface area contributed by atoms with Gasteiger partial charge in [-0.1, -0.05) is 24.3 Å². The molecule has 2 nitrogen and oxygen atoms in total. The van der Waals surface area contributed by atoms with E-state index in [4.69, 9.17) is 11.6 Å². The summed E-state index contributed by atoms with van der Waals surface area (Å²) in [6, 6.07) is 12.0. The van der Waals surface area contributed by atoms with Gasteiger partial charge in [0.2, 0.25) is 5.91 Å². The number of carbonyl (C=O) groups excluding carboxylic acids is 1. The van der Waals surface area contributed by atoms with E-state index in [9.17, 15) is 9.18 Å². The van der Waals surface area contributed by atoms with E-state index in [1.165, 1.54) is 12.1 Å². The van der Waals surface area contributed by atoms with E-state index in [2.05, 4.69) is 5.32 Å². The van der Waals surface area contributed by atoms with Gasteiger partial charge >= 0.3 is 0 Å². The van der Waals surface area contributed by atoms with Crippen LogP contribution in [0.15, 0.2) is 42.5 Å². The third kappa shape index (κ3) is 3.08. The molecule has 21 heavy (non-hydrogen) atoms. The third-order valence-electron chi connectivity index (χ3n) is 3.71. The first-order chi connectivity index (χ1) is 10.1. The van der Waals surface area contributed by atoms with Crippen LogP contribution in [-0.4, -0.2) is 5.91 Å². The Balaban J connectivity index is 1.91. The van der Waals surface area contributed by atoms with Crippen LogP contribution in [0.4, 0.5) is 10.1 Å². The fourth-order valence-corrected chi connectivity index (χ4v) is 2.86. The second-order valence-electron chi connectivity index (χ2n) is 5.23. The SMILES string of the molecule is O=C1CCCc2cc(C(Cl)c3ccc(F)cc3)ccc2N1. The molecule has 1 aliphatic rings. The first-order valence-corrected chi connectivity index (χ1v) is 7.39. The fraction of sp³-hybridized carbons (Fsp3) is 0.235. The van der Waals surface area contributed by atoms with E-state index in [-0.39, 0.29) is 17.1 Å². The number of fused-ring (bicyclic) bond motifs is 1. The number of rotatable bonds is 2. The zero-order valence-corrected chi connectivity index (χ0v) is 12.2. The van der Waals surface area contributed by atoms with Gasteiger partial charge in [-0.2, -0.15) is 0 Å². The summed E-state index contributed by atoms with van der Waals surface area (Å²) in [6.45, 7) is 0. The molecule has 0 aromatic heterocycles. The summed E-state index contributed by atoms with van der Waals surface area (Å²) in [5.41, 5.74) is 3.78. The van der Waals surface area contributed by atoms with Gasteiger partial charge in [0.1, 0.15) is 5.82 Å². The van der Waals surface area contributed by atoms with E-state index < -0.39 is 0 Å². The predicted molar refractivity (Wildman–Crippen MR) is 82.1 cm³/mol. The number of nitrogens with one attached hydrogen (secondary N) is 1. The number of amides is 1. The Hall–Kier alpha value is -1.87. The quantitative estimate of drug-likeness (QED) is 0.817. The number of benzene rings is 2. The molecule has 0 fully saturated rings. The molecule has 0 radical (unpaired) electrons. The van der Waals surface area contributed by atoms with Crippen molar-refractivity contribution in [3.05, 3.63) is 65.0 Å². The van der Waals surface area contributed by atoms with Crippen molar-refractivity contribution in [2.45, 2.75) is 24.6 Å². The van der Waals surface area contributed by atoms with Crippen LogP contribution in [0.5, 0.6) is 0 Å². The summed E-state index contributed by atoms with van der Waals surface area (Å²) >= 11 is 6.49. The lowest BCUT2D eigenvalue weighted by Gasteiger charge is -2.14. The number of alkyl halides is 1. The average Bonchev–Trinajstić information content (AvgIpc) is 2.67. The minimum atomic E-state index is -0.324. The van der Waals surface area contributed by atoms with Crippen molar-refractivity contribution in [2.75, 3.05) is 5.32 Å². The second-order valence-corrected chi connectivity index (χ2v) is 5.67. The standard InChI is InChI=1S/C17H15ClFNO/c18-17(11-4-7-14(19)8-5-11)13-6-9-15-12(10-13)2-1-3-16(21)20-15/h4-10,17H,1-3H2,(H,20,21). The zero-order valence-electron chi connectivity index (χ0n) is 11.4. The number of carbonyl (C=O) groups is 1. The normalized spacial score (nSPS) is 15.8. The number of hydrogen-bond acceptors (Lipinski definition) is 1. The highest BCUT2D eigenvalue weighted by molar-refractivity contribution is 6.22. The van der Waals surface area contributed by atoms with E-state index in [1.54, 1.807) is 12.1 Å². The molecule has 4 heteroatoms. The molecule has 3 rings (SSSR count). The van der Waals surface area contributed by atoms with Crippen molar-refractivity contribution in [2.24, 2.45) is 0 Å². The molecule has 1 atom stereocenters. The van der Waals surface area contributed by atoms with E-state index in [0.717, 1.165) is 35.2 Å². The van der Waals surface area contributed by atoms with Gasteiger partial charge in [-0.15, -0.1) is 11.6 Å². The Morgan fingerprint density at radius 2 is 1.76 bits per heavy atom. The highest BCUT2D eigenvalue weighted by Crippen LogP contribution is 2.32. The van der Waals surface area contributed by atoms with Crippen LogP contribution in [0.3, 0.4) is 0 Å². The minimum Gasteiger partial charge on any atom is -0.326 e. The lowest BCUT2D eigenvalue weighted by atomic mass is 9.99.